The second kappa shape index (κ2) is 7.48. The number of ether oxygens (including phenoxy) is 2. The Kier molecular flexibility index (Phi) is 4.94. The molecule has 0 spiro atoms. The van der Waals surface area contributed by atoms with E-state index in [0.29, 0.717) is 34.5 Å². The van der Waals surface area contributed by atoms with Crippen molar-refractivity contribution in [2.75, 3.05) is 12.4 Å². The van der Waals surface area contributed by atoms with Crippen molar-refractivity contribution in [1.82, 2.24) is 10.1 Å². The number of aryl methyl sites for hydroxylation is 1. The fraction of sp³-hybridized carbons (Fsp3) is 0.167. The fourth-order valence-corrected chi connectivity index (χ4v) is 2.15. The summed E-state index contributed by atoms with van der Waals surface area (Å²) in [6.45, 7) is 1.93. The van der Waals surface area contributed by atoms with E-state index in [9.17, 15) is 4.79 Å². The van der Waals surface area contributed by atoms with E-state index in [1.54, 1.807) is 62.6 Å². The number of methoxy groups -OCH3 is 1. The predicted molar refractivity (Wildman–Crippen MR) is 90.8 cm³/mol. The third-order valence-electron chi connectivity index (χ3n) is 3.38. The van der Waals surface area contributed by atoms with Gasteiger partial charge in [-0.3, -0.25) is 4.79 Å². The molecule has 0 saturated heterocycles. The van der Waals surface area contributed by atoms with E-state index in [4.69, 9.17) is 14.0 Å². The lowest BCUT2D eigenvalue weighted by atomic mass is 10.2. The molecule has 0 unspecified atom stereocenters. The molecule has 0 aliphatic rings. The standard InChI is InChI=1S/C18H17N3O4/c1-12-19-17(25-21-12)11-24-15-8-6-14(7-9-15)20-18(22)13-4-3-5-16(10-13)23-2/h3-10H,11H2,1-2H3,(H,20,22). The summed E-state index contributed by atoms with van der Waals surface area (Å²) < 4.78 is 15.7. The first-order valence-electron chi connectivity index (χ1n) is 7.61. The van der Waals surface area contributed by atoms with Gasteiger partial charge in [-0.2, -0.15) is 4.98 Å². The maximum absolute atomic E-state index is 12.3. The molecule has 7 heteroatoms. The Hall–Kier alpha value is -3.35. The fourth-order valence-electron chi connectivity index (χ4n) is 2.15. The summed E-state index contributed by atoms with van der Waals surface area (Å²) in [6.07, 6.45) is 0. The van der Waals surface area contributed by atoms with E-state index >= 15 is 0 Å². The largest absolute Gasteiger partial charge is 0.497 e. The van der Waals surface area contributed by atoms with Crippen LogP contribution in [0.2, 0.25) is 0 Å². The second-order valence-corrected chi connectivity index (χ2v) is 5.23. The molecule has 0 fully saturated rings. The first-order chi connectivity index (χ1) is 12.1. The Labute approximate surface area is 144 Å². The zero-order valence-electron chi connectivity index (χ0n) is 13.9. The molecule has 1 amide bonds. The molecule has 0 aliphatic carbocycles. The van der Waals surface area contributed by atoms with E-state index in [1.807, 2.05) is 0 Å². The summed E-state index contributed by atoms with van der Waals surface area (Å²) >= 11 is 0. The van der Waals surface area contributed by atoms with Gasteiger partial charge in [-0.05, 0) is 49.4 Å². The molecule has 7 nitrogen and oxygen atoms in total. The van der Waals surface area contributed by atoms with E-state index in [1.165, 1.54) is 0 Å². The van der Waals surface area contributed by atoms with Crippen LogP contribution in [0.1, 0.15) is 22.1 Å². The second-order valence-electron chi connectivity index (χ2n) is 5.23. The Bertz CT molecular complexity index is 859. The highest BCUT2D eigenvalue weighted by Crippen LogP contribution is 2.19. The van der Waals surface area contributed by atoms with E-state index < -0.39 is 0 Å². The van der Waals surface area contributed by atoms with Crippen LogP contribution >= 0.6 is 0 Å². The summed E-state index contributed by atoms with van der Waals surface area (Å²) in [5.74, 6) is 2.03. The highest BCUT2D eigenvalue weighted by atomic mass is 16.5. The molecule has 0 saturated carbocycles. The van der Waals surface area contributed by atoms with E-state index in [0.717, 1.165) is 0 Å². The molecule has 0 atom stereocenters. The SMILES string of the molecule is COc1cccc(C(=O)Nc2ccc(OCc3nc(C)no3)cc2)c1. The van der Waals surface area contributed by atoms with E-state index in [2.05, 4.69) is 15.5 Å². The molecule has 0 radical (unpaired) electrons. The average Bonchev–Trinajstić information content (AvgIpc) is 3.06. The van der Waals surface area contributed by atoms with Crippen LogP contribution in [-0.2, 0) is 6.61 Å². The molecule has 3 rings (SSSR count). The molecule has 2 aromatic carbocycles. The van der Waals surface area contributed by atoms with Crippen molar-refractivity contribution in [3.05, 3.63) is 65.8 Å². The Morgan fingerprint density at radius 3 is 2.64 bits per heavy atom. The molecule has 128 valence electrons. The molecule has 0 bridgehead atoms. The molecular formula is C18H17N3O4. The first kappa shape index (κ1) is 16.5. The number of carbonyl (C=O) groups is 1. The molecular weight excluding hydrogens is 322 g/mol. The van der Waals surface area contributed by atoms with Crippen LogP contribution in [0.3, 0.4) is 0 Å². The predicted octanol–water partition coefficient (Wildman–Crippen LogP) is 3.22. The first-order valence-corrected chi connectivity index (χ1v) is 7.61. The zero-order valence-corrected chi connectivity index (χ0v) is 13.9. The van der Waals surface area contributed by atoms with Gasteiger partial charge in [-0.1, -0.05) is 11.2 Å². The molecule has 1 aromatic heterocycles. The number of nitrogens with one attached hydrogen (secondary N) is 1. The van der Waals surface area contributed by atoms with Crippen LogP contribution in [0.25, 0.3) is 0 Å². The molecule has 0 aliphatic heterocycles. The number of rotatable bonds is 6. The third kappa shape index (κ3) is 4.35. The highest BCUT2D eigenvalue weighted by Gasteiger charge is 2.08. The molecule has 1 heterocycles. The zero-order chi connectivity index (χ0) is 17.6. The van der Waals surface area contributed by atoms with Crippen LogP contribution in [0.4, 0.5) is 5.69 Å². The van der Waals surface area contributed by atoms with Crippen LogP contribution in [0.15, 0.2) is 53.1 Å². The van der Waals surface area contributed by atoms with Gasteiger partial charge in [0.1, 0.15) is 11.5 Å². The Morgan fingerprint density at radius 1 is 1.16 bits per heavy atom. The van der Waals surface area contributed by atoms with Crippen LogP contribution in [0.5, 0.6) is 11.5 Å². The normalized spacial score (nSPS) is 10.3. The van der Waals surface area contributed by atoms with Gasteiger partial charge in [0, 0.05) is 11.3 Å². The smallest absolute Gasteiger partial charge is 0.264 e. The number of carbonyl (C=O) groups excluding carboxylic acids is 1. The number of hydrogen-bond donors (Lipinski definition) is 1. The van der Waals surface area contributed by atoms with Crippen LogP contribution < -0.4 is 14.8 Å². The average molecular weight is 339 g/mol. The van der Waals surface area contributed by atoms with Crippen LogP contribution in [-0.4, -0.2) is 23.2 Å². The Balaban J connectivity index is 1.59. The highest BCUT2D eigenvalue weighted by molar-refractivity contribution is 6.04. The summed E-state index contributed by atoms with van der Waals surface area (Å²) in [5, 5.41) is 6.52. The van der Waals surface area contributed by atoms with Gasteiger partial charge >= 0.3 is 0 Å². The topological polar surface area (TPSA) is 86.5 Å². The minimum atomic E-state index is -0.214. The van der Waals surface area contributed by atoms with Crippen molar-refractivity contribution in [1.29, 1.82) is 0 Å². The van der Waals surface area contributed by atoms with Gasteiger partial charge in [-0.15, -0.1) is 0 Å². The minimum Gasteiger partial charge on any atom is -0.497 e. The van der Waals surface area contributed by atoms with E-state index in [-0.39, 0.29) is 12.5 Å². The maximum atomic E-state index is 12.3. The van der Waals surface area contributed by atoms with Crippen molar-refractivity contribution in [2.24, 2.45) is 0 Å². The van der Waals surface area contributed by atoms with Crippen molar-refractivity contribution in [2.45, 2.75) is 13.5 Å². The number of aromatic nitrogens is 2. The molecule has 25 heavy (non-hydrogen) atoms. The van der Waals surface area contributed by atoms with Gasteiger partial charge < -0.3 is 19.3 Å². The summed E-state index contributed by atoms with van der Waals surface area (Å²) in [6, 6.07) is 14.0. The number of hydrogen-bond acceptors (Lipinski definition) is 6. The summed E-state index contributed by atoms with van der Waals surface area (Å²) in [4.78, 5) is 16.3. The maximum Gasteiger partial charge on any atom is 0.264 e. The van der Waals surface area contributed by atoms with Crippen molar-refractivity contribution in [3.63, 3.8) is 0 Å². The van der Waals surface area contributed by atoms with Gasteiger partial charge in [-0.25, -0.2) is 0 Å². The third-order valence-corrected chi connectivity index (χ3v) is 3.38. The van der Waals surface area contributed by atoms with Crippen LogP contribution in [0, 0.1) is 6.92 Å². The van der Waals surface area contributed by atoms with Crippen molar-refractivity contribution in [3.8, 4) is 11.5 Å². The summed E-state index contributed by atoms with van der Waals surface area (Å²) in [7, 11) is 1.56. The van der Waals surface area contributed by atoms with Gasteiger partial charge in [0.15, 0.2) is 12.4 Å². The lowest BCUT2D eigenvalue weighted by molar-refractivity contribution is 0.102. The quantitative estimate of drug-likeness (QED) is 0.742. The van der Waals surface area contributed by atoms with Crippen molar-refractivity contribution >= 4 is 11.6 Å². The minimum absolute atomic E-state index is 0.191. The number of benzene rings is 2. The number of anilines is 1. The van der Waals surface area contributed by atoms with Gasteiger partial charge in [0.25, 0.3) is 11.8 Å². The number of nitrogens with zero attached hydrogens (tertiary/aromatic N) is 2. The monoisotopic (exact) mass is 339 g/mol. The Morgan fingerprint density at radius 2 is 1.96 bits per heavy atom. The lowest BCUT2D eigenvalue weighted by Gasteiger charge is -2.08. The molecule has 3 aromatic rings. The number of amides is 1. The van der Waals surface area contributed by atoms with Gasteiger partial charge in [0.05, 0.1) is 7.11 Å². The van der Waals surface area contributed by atoms with Gasteiger partial charge in [0.2, 0.25) is 0 Å². The molecule has 1 N–H and O–H groups in total. The van der Waals surface area contributed by atoms with Crippen molar-refractivity contribution < 1.29 is 18.8 Å². The summed E-state index contributed by atoms with van der Waals surface area (Å²) in [5.41, 5.74) is 1.18. The lowest BCUT2D eigenvalue weighted by Crippen LogP contribution is -2.11.